The fourth-order valence-electron chi connectivity index (χ4n) is 2.93. The molecule has 1 fully saturated rings. The van der Waals surface area contributed by atoms with Crippen molar-refractivity contribution in [3.05, 3.63) is 28.2 Å². The van der Waals surface area contributed by atoms with Gasteiger partial charge in [-0.1, -0.05) is 47.5 Å². The number of amidine groups is 1. The molecule has 1 saturated carbocycles. The summed E-state index contributed by atoms with van der Waals surface area (Å²) in [4.78, 5) is 4.97. The van der Waals surface area contributed by atoms with E-state index < -0.39 is 0 Å². The molecular weight excluding hydrogens is 320 g/mol. The van der Waals surface area contributed by atoms with Gasteiger partial charge in [0.15, 0.2) is 5.17 Å². The molecule has 2 nitrogen and oxygen atoms in total. The lowest BCUT2D eigenvalue weighted by Crippen LogP contribution is -2.21. The van der Waals surface area contributed by atoms with Gasteiger partial charge in [0.1, 0.15) is 0 Å². The van der Waals surface area contributed by atoms with Gasteiger partial charge in [0, 0.05) is 15.9 Å². The molecule has 1 aromatic rings. The van der Waals surface area contributed by atoms with Gasteiger partial charge in [-0.15, -0.1) is 0 Å². The average molecular weight is 339 g/mol. The van der Waals surface area contributed by atoms with Crippen molar-refractivity contribution in [2.24, 2.45) is 4.99 Å². The molecule has 102 valence electrons. The zero-order valence-corrected chi connectivity index (χ0v) is 13.6. The van der Waals surface area contributed by atoms with Crippen LogP contribution in [-0.4, -0.2) is 16.5 Å². The molecule has 1 spiro atoms. The third-order valence-electron chi connectivity index (χ3n) is 4.04. The van der Waals surface area contributed by atoms with E-state index >= 15 is 0 Å². The summed E-state index contributed by atoms with van der Waals surface area (Å²) >= 11 is 5.42. The van der Waals surface area contributed by atoms with Gasteiger partial charge in [-0.3, -0.25) is 4.99 Å². The largest absolute Gasteiger partial charge is 0.335 e. The Hall–Kier alpha value is -0.480. The first-order chi connectivity index (χ1) is 9.21. The fraction of sp³-hybridized carbons (Fsp3) is 0.533. The predicted octanol–water partition coefficient (Wildman–Crippen LogP) is 4.84. The van der Waals surface area contributed by atoms with Crippen LogP contribution >= 0.6 is 27.7 Å². The molecule has 4 heteroatoms. The Morgan fingerprint density at radius 3 is 2.89 bits per heavy atom. The number of thioether (sulfide) groups is 1. The lowest BCUT2D eigenvalue weighted by Gasteiger charge is -2.16. The normalized spacial score (nSPS) is 20.8. The Bertz CT molecular complexity index is 507. The van der Waals surface area contributed by atoms with E-state index in [0.717, 1.165) is 21.8 Å². The Balaban J connectivity index is 1.79. The second kappa shape index (κ2) is 5.49. The van der Waals surface area contributed by atoms with Gasteiger partial charge in [0.05, 0.1) is 5.54 Å². The zero-order chi connectivity index (χ0) is 13.3. The van der Waals surface area contributed by atoms with Crippen molar-refractivity contribution in [3.8, 4) is 0 Å². The maximum atomic E-state index is 4.97. The van der Waals surface area contributed by atoms with Gasteiger partial charge < -0.3 is 5.32 Å². The first-order valence-electron chi connectivity index (χ1n) is 6.99. The minimum absolute atomic E-state index is 0.259. The number of anilines is 1. The molecule has 1 N–H and O–H groups in total. The number of halogens is 1. The summed E-state index contributed by atoms with van der Waals surface area (Å²) in [5, 5.41) is 4.64. The lowest BCUT2D eigenvalue weighted by atomic mass is 10.0. The molecule has 3 rings (SSSR count). The smallest absolute Gasteiger partial charge is 0.161 e. The fourth-order valence-corrected chi connectivity index (χ4v) is 4.54. The second-order valence-corrected chi connectivity index (χ2v) is 7.30. The summed E-state index contributed by atoms with van der Waals surface area (Å²) in [6, 6.07) is 6.42. The van der Waals surface area contributed by atoms with Crippen molar-refractivity contribution in [3.63, 3.8) is 0 Å². The van der Waals surface area contributed by atoms with Crippen LogP contribution in [0.3, 0.4) is 0 Å². The van der Waals surface area contributed by atoms with Crippen LogP contribution in [-0.2, 0) is 6.42 Å². The topological polar surface area (TPSA) is 24.4 Å². The van der Waals surface area contributed by atoms with E-state index in [4.69, 9.17) is 4.99 Å². The van der Waals surface area contributed by atoms with Crippen LogP contribution in [0.2, 0.25) is 0 Å². The minimum Gasteiger partial charge on any atom is -0.335 e. The van der Waals surface area contributed by atoms with E-state index in [9.17, 15) is 0 Å². The molecule has 0 saturated heterocycles. The number of nitrogens with zero attached hydrogens (tertiary/aromatic N) is 1. The van der Waals surface area contributed by atoms with E-state index in [-0.39, 0.29) is 5.54 Å². The van der Waals surface area contributed by atoms with Gasteiger partial charge in [-0.2, -0.15) is 0 Å². The highest BCUT2D eigenvalue weighted by atomic mass is 79.9. The first kappa shape index (κ1) is 13.5. The van der Waals surface area contributed by atoms with Crippen LogP contribution in [0.1, 0.15) is 38.2 Å². The second-order valence-electron chi connectivity index (χ2n) is 5.42. The standard InChI is InChI=1S/C15H19BrN2S/c1-2-11-9-12(16)5-6-13(11)17-14-18-15(10-19-14)7-3-4-8-15/h5-6,9H,2-4,7-8,10H2,1H3,(H,17,18). The van der Waals surface area contributed by atoms with Crippen molar-refractivity contribution in [2.75, 3.05) is 11.1 Å². The van der Waals surface area contributed by atoms with E-state index in [0.29, 0.717) is 0 Å². The summed E-state index contributed by atoms with van der Waals surface area (Å²) in [6.07, 6.45) is 6.26. The summed E-state index contributed by atoms with van der Waals surface area (Å²) in [5.41, 5.74) is 2.80. The maximum absolute atomic E-state index is 4.97. The van der Waals surface area contributed by atoms with Crippen molar-refractivity contribution >= 4 is 38.5 Å². The number of benzene rings is 1. The van der Waals surface area contributed by atoms with Gasteiger partial charge >= 0.3 is 0 Å². The summed E-state index contributed by atoms with van der Waals surface area (Å²) < 4.78 is 1.14. The molecule has 19 heavy (non-hydrogen) atoms. The van der Waals surface area contributed by atoms with Gasteiger partial charge in [0.25, 0.3) is 0 Å². The molecule has 1 aliphatic carbocycles. The van der Waals surface area contributed by atoms with Crippen molar-refractivity contribution in [2.45, 2.75) is 44.6 Å². The molecule has 0 bridgehead atoms. The maximum Gasteiger partial charge on any atom is 0.161 e. The molecule has 1 aromatic carbocycles. The molecule has 0 radical (unpaired) electrons. The number of aryl methyl sites for hydroxylation is 1. The van der Waals surface area contributed by atoms with Gasteiger partial charge in [0.2, 0.25) is 0 Å². The number of hydrogen-bond donors (Lipinski definition) is 1. The Morgan fingerprint density at radius 2 is 2.16 bits per heavy atom. The van der Waals surface area contributed by atoms with Crippen molar-refractivity contribution < 1.29 is 0 Å². The van der Waals surface area contributed by atoms with E-state index in [2.05, 4.69) is 46.4 Å². The molecule has 0 aromatic heterocycles. The molecule has 0 atom stereocenters. The molecule has 0 unspecified atom stereocenters. The SMILES string of the molecule is CCc1cc(Br)ccc1NC1=NC2(CCCC2)CS1. The summed E-state index contributed by atoms with van der Waals surface area (Å²) in [6.45, 7) is 2.19. The van der Waals surface area contributed by atoms with Gasteiger partial charge in [-0.25, -0.2) is 0 Å². The highest BCUT2D eigenvalue weighted by molar-refractivity contribution is 9.10. The molecule has 0 amide bonds. The van der Waals surface area contributed by atoms with E-state index in [1.165, 1.54) is 36.9 Å². The van der Waals surface area contributed by atoms with E-state index in [1.54, 1.807) is 0 Å². The molecule has 1 aliphatic heterocycles. The average Bonchev–Trinajstić information content (AvgIpc) is 3.03. The van der Waals surface area contributed by atoms with Gasteiger partial charge in [-0.05, 0) is 43.0 Å². The lowest BCUT2D eigenvalue weighted by molar-refractivity contribution is 0.508. The minimum atomic E-state index is 0.259. The van der Waals surface area contributed by atoms with Crippen LogP contribution < -0.4 is 5.32 Å². The quantitative estimate of drug-likeness (QED) is 0.834. The number of rotatable bonds is 2. The Kier molecular flexibility index (Phi) is 3.90. The van der Waals surface area contributed by atoms with Crippen LogP contribution in [0, 0.1) is 0 Å². The van der Waals surface area contributed by atoms with Crippen molar-refractivity contribution in [1.29, 1.82) is 0 Å². The molecule has 1 heterocycles. The predicted molar refractivity (Wildman–Crippen MR) is 88.2 cm³/mol. The highest BCUT2D eigenvalue weighted by Crippen LogP contribution is 2.41. The zero-order valence-electron chi connectivity index (χ0n) is 11.2. The first-order valence-corrected chi connectivity index (χ1v) is 8.77. The third-order valence-corrected chi connectivity index (χ3v) is 5.68. The Labute approximate surface area is 127 Å². The summed E-state index contributed by atoms with van der Waals surface area (Å²) in [7, 11) is 0. The molecular formula is C15H19BrN2S. The van der Waals surface area contributed by atoms with Crippen LogP contribution in [0.25, 0.3) is 0 Å². The van der Waals surface area contributed by atoms with Crippen LogP contribution in [0.5, 0.6) is 0 Å². The molecule has 2 aliphatic rings. The number of nitrogens with one attached hydrogen (secondary N) is 1. The van der Waals surface area contributed by atoms with Crippen LogP contribution in [0.4, 0.5) is 5.69 Å². The van der Waals surface area contributed by atoms with Crippen molar-refractivity contribution in [1.82, 2.24) is 0 Å². The third kappa shape index (κ3) is 2.84. The number of hydrogen-bond acceptors (Lipinski definition) is 3. The van der Waals surface area contributed by atoms with Crippen LogP contribution in [0.15, 0.2) is 27.7 Å². The Morgan fingerprint density at radius 1 is 1.37 bits per heavy atom. The monoisotopic (exact) mass is 338 g/mol. The number of aliphatic imine (C=N–C) groups is 1. The summed E-state index contributed by atoms with van der Waals surface area (Å²) in [5.74, 6) is 1.16. The highest BCUT2D eigenvalue weighted by Gasteiger charge is 2.38. The van der Waals surface area contributed by atoms with E-state index in [1.807, 2.05) is 11.8 Å².